The molecule has 4 N–H and O–H groups in total. The molecule has 39 heavy (non-hydrogen) atoms. The van der Waals surface area contributed by atoms with Crippen molar-refractivity contribution in [2.24, 2.45) is 5.41 Å². The van der Waals surface area contributed by atoms with Crippen molar-refractivity contribution in [2.45, 2.75) is 44.7 Å². The van der Waals surface area contributed by atoms with Gasteiger partial charge in [0.25, 0.3) is 5.91 Å². The number of carboxylic acids is 1. The second kappa shape index (κ2) is 9.07. The van der Waals surface area contributed by atoms with Gasteiger partial charge in [-0.1, -0.05) is 19.1 Å². The Hall–Kier alpha value is -4.48. The molecule has 202 valence electrons. The number of carboxylic acid groups (broad SMARTS) is 1. The zero-order chi connectivity index (χ0) is 28.2. The Kier molecular flexibility index (Phi) is 6.08. The third kappa shape index (κ3) is 4.66. The number of aliphatic carboxylic acids is 1. The van der Waals surface area contributed by atoms with Crippen LogP contribution in [0.2, 0.25) is 0 Å². The number of hydrogen-bond acceptors (Lipinski definition) is 6. The van der Waals surface area contributed by atoms with Gasteiger partial charge in [0.2, 0.25) is 0 Å². The van der Waals surface area contributed by atoms with E-state index in [0.717, 1.165) is 18.3 Å². The van der Waals surface area contributed by atoms with Crippen molar-refractivity contribution in [3.05, 3.63) is 71.9 Å². The number of carbonyl (C=O) groups is 2. The summed E-state index contributed by atoms with van der Waals surface area (Å²) >= 11 is 0. The number of anilines is 2. The molecular weight excluding hydrogens is 513 g/mol. The van der Waals surface area contributed by atoms with Gasteiger partial charge in [-0.05, 0) is 50.5 Å². The number of rotatable bonds is 5. The minimum absolute atomic E-state index is 0.202. The van der Waals surface area contributed by atoms with Crippen molar-refractivity contribution < 1.29 is 27.9 Å². The van der Waals surface area contributed by atoms with Crippen LogP contribution in [0.3, 0.4) is 0 Å². The van der Waals surface area contributed by atoms with Crippen molar-refractivity contribution in [2.75, 3.05) is 11.1 Å². The number of nitrogens with zero attached hydrogens (tertiary/aromatic N) is 4. The quantitative estimate of drug-likeness (QED) is 0.319. The fourth-order valence-corrected chi connectivity index (χ4v) is 5.30. The monoisotopic (exact) mass is 538 g/mol. The number of fused-ring (bicyclic) bond motifs is 1. The van der Waals surface area contributed by atoms with Crippen LogP contribution in [0.5, 0.6) is 0 Å². The van der Waals surface area contributed by atoms with Crippen LogP contribution in [-0.2, 0) is 16.4 Å². The lowest BCUT2D eigenvalue weighted by Gasteiger charge is -2.25. The number of hydrogen-bond donors (Lipinski definition) is 3. The van der Waals surface area contributed by atoms with Gasteiger partial charge in [0.05, 0.1) is 11.0 Å². The number of aromatic nitrogens is 4. The predicted octanol–water partition coefficient (Wildman–Crippen LogP) is 5.18. The predicted molar refractivity (Wildman–Crippen MR) is 137 cm³/mol. The summed E-state index contributed by atoms with van der Waals surface area (Å²) in [4.78, 5) is 37.5. The average Bonchev–Trinajstić information content (AvgIpc) is 3.44. The minimum atomic E-state index is -4.56. The zero-order valence-electron chi connectivity index (χ0n) is 21.1. The van der Waals surface area contributed by atoms with E-state index in [-0.39, 0.29) is 17.2 Å². The number of benzene rings is 1. The Morgan fingerprint density at radius 2 is 1.79 bits per heavy atom. The molecule has 9 nitrogen and oxygen atoms in total. The first-order chi connectivity index (χ1) is 18.3. The SMILES string of the molecule is CC1(C(=O)O)CCC(C)(c2nc(-c3ccc(C(=O)Nc4cc(C(F)(F)F)ccn4)cc3)c3c(N)nccn23)C1. The van der Waals surface area contributed by atoms with Crippen LogP contribution in [0.1, 0.15) is 54.9 Å². The van der Waals surface area contributed by atoms with Crippen LogP contribution in [0.15, 0.2) is 55.0 Å². The molecule has 1 saturated carbocycles. The van der Waals surface area contributed by atoms with Crippen molar-refractivity contribution in [3.8, 4) is 11.3 Å². The maximum Gasteiger partial charge on any atom is 0.416 e. The van der Waals surface area contributed by atoms with E-state index in [0.29, 0.717) is 41.9 Å². The van der Waals surface area contributed by atoms with Gasteiger partial charge in [0.1, 0.15) is 28.7 Å². The van der Waals surface area contributed by atoms with Gasteiger partial charge in [-0.15, -0.1) is 0 Å². The summed E-state index contributed by atoms with van der Waals surface area (Å²) in [5.74, 6) is -0.782. The molecule has 1 aliphatic carbocycles. The molecule has 2 atom stereocenters. The van der Waals surface area contributed by atoms with Gasteiger partial charge in [0, 0.05) is 35.1 Å². The number of pyridine rings is 1. The van der Waals surface area contributed by atoms with Gasteiger partial charge in [-0.25, -0.2) is 15.0 Å². The lowest BCUT2D eigenvalue weighted by atomic mass is 9.81. The summed E-state index contributed by atoms with van der Waals surface area (Å²) in [6.45, 7) is 3.73. The van der Waals surface area contributed by atoms with E-state index in [4.69, 9.17) is 10.7 Å². The Morgan fingerprint density at radius 3 is 2.44 bits per heavy atom. The number of nitrogens with two attached hydrogens (primary N) is 1. The maximum absolute atomic E-state index is 13.0. The topological polar surface area (TPSA) is 135 Å². The summed E-state index contributed by atoms with van der Waals surface area (Å²) < 4.78 is 40.8. The number of amides is 1. The Balaban J connectivity index is 1.47. The molecule has 12 heteroatoms. The van der Waals surface area contributed by atoms with E-state index in [9.17, 15) is 27.9 Å². The zero-order valence-corrected chi connectivity index (χ0v) is 21.1. The third-order valence-electron chi connectivity index (χ3n) is 7.40. The van der Waals surface area contributed by atoms with Crippen molar-refractivity contribution in [1.29, 1.82) is 0 Å². The summed E-state index contributed by atoms with van der Waals surface area (Å²) in [7, 11) is 0. The first-order valence-corrected chi connectivity index (χ1v) is 12.1. The summed E-state index contributed by atoms with van der Waals surface area (Å²) in [5, 5.41) is 12.1. The van der Waals surface area contributed by atoms with Gasteiger partial charge < -0.3 is 16.2 Å². The number of imidazole rings is 1. The van der Waals surface area contributed by atoms with Crippen LogP contribution < -0.4 is 11.1 Å². The molecular formula is C27H25F3N6O3. The van der Waals surface area contributed by atoms with Crippen molar-refractivity contribution in [1.82, 2.24) is 19.4 Å². The van der Waals surface area contributed by atoms with E-state index < -0.39 is 34.4 Å². The number of carbonyl (C=O) groups excluding carboxylic acids is 1. The Labute approximate surface area is 220 Å². The van der Waals surface area contributed by atoms with Crippen LogP contribution in [0.25, 0.3) is 16.8 Å². The Morgan fingerprint density at radius 1 is 1.08 bits per heavy atom. The molecule has 3 aromatic heterocycles. The molecule has 0 saturated heterocycles. The molecule has 2 unspecified atom stereocenters. The molecule has 0 bridgehead atoms. The van der Waals surface area contributed by atoms with Gasteiger partial charge in [0.15, 0.2) is 0 Å². The molecule has 3 heterocycles. The van der Waals surface area contributed by atoms with Crippen LogP contribution in [0.4, 0.5) is 24.8 Å². The van der Waals surface area contributed by atoms with Gasteiger partial charge in [-0.3, -0.25) is 14.0 Å². The summed E-state index contributed by atoms with van der Waals surface area (Å²) in [5.41, 5.74) is 5.84. The first kappa shape index (κ1) is 26.1. The lowest BCUT2D eigenvalue weighted by Crippen LogP contribution is -2.29. The van der Waals surface area contributed by atoms with E-state index in [1.54, 1.807) is 31.5 Å². The highest BCUT2D eigenvalue weighted by Crippen LogP contribution is 2.51. The fourth-order valence-electron chi connectivity index (χ4n) is 5.30. The molecule has 0 spiro atoms. The number of nitrogen functional groups attached to an aromatic ring is 1. The highest BCUT2D eigenvalue weighted by molar-refractivity contribution is 6.04. The standard InChI is InChI=1S/C27H25F3N6O3/c1-25(8-9-26(2,14-25)24(38)39)23-35-19(20-21(31)33-11-12-36(20)23)15-3-5-16(6-4-15)22(37)34-18-13-17(7-10-32-18)27(28,29)30/h3-7,10-13H,8-9,14H2,1-2H3,(H2,31,33)(H,38,39)(H,32,34,37). The van der Waals surface area contributed by atoms with E-state index in [2.05, 4.69) is 15.3 Å². The smallest absolute Gasteiger partial charge is 0.416 e. The molecule has 1 fully saturated rings. The van der Waals surface area contributed by atoms with Crippen molar-refractivity contribution in [3.63, 3.8) is 0 Å². The molecule has 0 radical (unpaired) electrons. The third-order valence-corrected chi connectivity index (χ3v) is 7.40. The second-order valence-electron chi connectivity index (χ2n) is 10.4. The van der Waals surface area contributed by atoms with E-state index in [1.165, 1.54) is 12.1 Å². The highest BCUT2D eigenvalue weighted by atomic mass is 19.4. The van der Waals surface area contributed by atoms with E-state index in [1.807, 2.05) is 11.3 Å². The van der Waals surface area contributed by atoms with Crippen LogP contribution in [-0.4, -0.2) is 36.3 Å². The normalized spacial score (nSPS) is 21.3. The minimum Gasteiger partial charge on any atom is -0.481 e. The average molecular weight is 539 g/mol. The summed E-state index contributed by atoms with van der Waals surface area (Å²) in [6, 6.07) is 7.95. The molecule has 0 aliphatic heterocycles. The number of halogens is 3. The highest BCUT2D eigenvalue weighted by Gasteiger charge is 2.50. The molecule has 5 rings (SSSR count). The van der Waals surface area contributed by atoms with E-state index >= 15 is 0 Å². The van der Waals surface area contributed by atoms with Crippen LogP contribution in [0, 0.1) is 5.41 Å². The second-order valence-corrected chi connectivity index (χ2v) is 10.4. The molecule has 4 aromatic rings. The maximum atomic E-state index is 13.0. The largest absolute Gasteiger partial charge is 0.481 e. The first-order valence-electron chi connectivity index (χ1n) is 12.1. The Bertz CT molecular complexity index is 1600. The summed E-state index contributed by atoms with van der Waals surface area (Å²) in [6.07, 6.45) is 1.25. The van der Waals surface area contributed by atoms with Gasteiger partial charge in [-0.2, -0.15) is 13.2 Å². The molecule has 1 aromatic carbocycles. The molecule has 1 amide bonds. The number of nitrogens with one attached hydrogen (secondary N) is 1. The fraction of sp³-hybridized carbons (Fsp3) is 0.296. The van der Waals surface area contributed by atoms with Crippen LogP contribution >= 0.6 is 0 Å². The van der Waals surface area contributed by atoms with Gasteiger partial charge >= 0.3 is 12.1 Å². The number of alkyl halides is 3. The van der Waals surface area contributed by atoms with Crippen molar-refractivity contribution >= 4 is 29.0 Å². The molecule has 1 aliphatic rings. The lowest BCUT2D eigenvalue weighted by molar-refractivity contribution is -0.147.